The van der Waals surface area contributed by atoms with Crippen LogP contribution in [0.1, 0.15) is 35.3 Å². The normalized spacial score (nSPS) is 14.7. The van der Waals surface area contributed by atoms with Crippen molar-refractivity contribution in [2.24, 2.45) is 0 Å². The van der Waals surface area contributed by atoms with Crippen LogP contribution in [0.2, 0.25) is 5.02 Å². The van der Waals surface area contributed by atoms with Gasteiger partial charge in [-0.05, 0) is 35.2 Å². The topological polar surface area (TPSA) is 49.3 Å². The number of hydrogen-bond donors (Lipinski definition) is 2. The fourth-order valence-corrected chi connectivity index (χ4v) is 3.03. The Hall–Kier alpha value is -1.84. The molecule has 0 aliphatic carbocycles. The van der Waals surface area contributed by atoms with E-state index >= 15 is 0 Å². The van der Waals surface area contributed by atoms with Crippen LogP contribution in [-0.4, -0.2) is 11.0 Å². The molecule has 1 unspecified atom stereocenters. The number of aliphatic hydroxyl groups excluding tert-OH is 1. The van der Waals surface area contributed by atoms with Gasteiger partial charge >= 0.3 is 0 Å². The Kier molecular flexibility index (Phi) is 3.70. The number of anilines is 1. The number of aryl methyl sites for hydroxylation is 1. The second-order valence-electron chi connectivity index (χ2n) is 5.21. The molecule has 0 saturated carbocycles. The van der Waals surface area contributed by atoms with Crippen LogP contribution in [0.4, 0.5) is 5.69 Å². The Labute approximate surface area is 128 Å². The van der Waals surface area contributed by atoms with Gasteiger partial charge in [-0.1, -0.05) is 42.8 Å². The zero-order valence-corrected chi connectivity index (χ0v) is 12.4. The molecule has 1 aliphatic rings. The molecular weight excluding hydrogens is 286 g/mol. The van der Waals surface area contributed by atoms with Gasteiger partial charge in [-0.3, -0.25) is 4.79 Å². The monoisotopic (exact) mass is 301 g/mol. The third-order valence-corrected chi connectivity index (χ3v) is 4.20. The number of rotatable bonds is 3. The van der Waals surface area contributed by atoms with E-state index < -0.39 is 6.10 Å². The molecule has 0 radical (unpaired) electrons. The highest BCUT2D eigenvalue weighted by Crippen LogP contribution is 2.36. The number of carbonyl (C=O) groups excluding carboxylic acids is 1. The van der Waals surface area contributed by atoms with Gasteiger partial charge < -0.3 is 10.4 Å². The quantitative estimate of drug-likeness (QED) is 0.912. The predicted molar refractivity (Wildman–Crippen MR) is 83.7 cm³/mol. The van der Waals surface area contributed by atoms with E-state index in [0.717, 1.165) is 28.8 Å². The largest absolute Gasteiger partial charge is 0.384 e. The second-order valence-corrected chi connectivity index (χ2v) is 5.62. The molecule has 0 bridgehead atoms. The van der Waals surface area contributed by atoms with Crippen molar-refractivity contribution in [3.05, 3.63) is 63.7 Å². The molecule has 21 heavy (non-hydrogen) atoms. The molecule has 108 valence electrons. The van der Waals surface area contributed by atoms with Crippen molar-refractivity contribution in [3.63, 3.8) is 0 Å². The van der Waals surface area contributed by atoms with Crippen LogP contribution in [-0.2, 0) is 17.6 Å². The molecule has 1 atom stereocenters. The summed E-state index contributed by atoms with van der Waals surface area (Å²) in [5.41, 5.74) is 4.22. The van der Waals surface area contributed by atoms with Crippen molar-refractivity contribution in [2.45, 2.75) is 25.9 Å². The third-order valence-electron chi connectivity index (χ3n) is 3.87. The van der Waals surface area contributed by atoms with Crippen molar-refractivity contribution in [1.82, 2.24) is 0 Å². The van der Waals surface area contributed by atoms with Gasteiger partial charge in [0.15, 0.2) is 0 Å². The van der Waals surface area contributed by atoms with Crippen LogP contribution >= 0.6 is 11.6 Å². The molecule has 1 heterocycles. The van der Waals surface area contributed by atoms with E-state index in [0.29, 0.717) is 17.0 Å². The lowest BCUT2D eigenvalue weighted by Gasteiger charge is -2.17. The van der Waals surface area contributed by atoms with Crippen LogP contribution < -0.4 is 5.32 Å². The molecule has 0 aromatic heterocycles. The Bertz CT molecular complexity index is 712. The molecule has 3 rings (SSSR count). The Morgan fingerprint density at radius 1 is 1.29 bits per heavy atom. The maximum Gasteiger partial charge on any atom is 0.228 e. The Balaban J connectivity index is 2.04. The highest BCUT2D eigenvalue weighted by Gasteiger charge is 2.23. The van der Waals surface area contributed by atoms with Gasteiger partial charge in [0.1, 0.15) is 6.10 Å². The highest BCUT2D eigenvalue weighted by atomic mass is 35.5. The summed E-state index contributed by atoms with van der Waals surface area (Å²) < 4.78 is 0. The molecule has 0 fully saturated rings. The van der Waals surface area contributed by atoms with Crippen LogP contribution in [0.3, 0.4) is 0 Å². The smallest absolute Gasteiger partial charge is 0.228 e. The van der Waals surface area contributed by atoms with Crippen LogP contribution in [0.15, 0.2) is 36.4 Å². The van der Waals surface area contributed by atoms with E-state index in [1.807, 2.05) is 30.3 Å². The second kappa shape index (κ2) is 5.51. The summed E-state index contributed by atoms with van der Waals surface area (Å²) in [6.07, 6.45) is 0.395. The van der Waals surface area contributed by atoms with Crippen LogP contribution in [0, 0.1) is 0 Å². The first-order valence-corrected chi connectivity index (χ1v) is 7.36. The van der Waals surface area contributed by atoms with Gasteiger partial charge in [-0.15, -0.1) is 0 Å². The van der Waals surface area contributed by atoms with Gasteiger partial charge in [0.25, 0.3) is 0 Å². The molecule has 0 saturated heterocycles. The predicted octanol–water partition coefficient (Wildman–Crippen LogP) is 3.48. The molecule has 2 aromatic rings. The number of nitrogens with one attached hydrogen (secondary N) is 1. The van der Waals surface area contributed by atoms with Gasteiger partial charge in [0, 0.05) is 16.3 Å². The van der Waals surface area contributed by atoms with E-state index in [1.54, 1.807) is 6.07 Å². The van der Waals surface area contributed by atoms with Crippen LogP contribution in [0.25, 0.3) is 0 Å². The van der Waals surface area contributed by atoms with E-state index in [2.05, 4.69) is 12.2 Å². The summed E-state index contributed by atoms with van der Waals surface area (Å²) in [7, 11) is 0. The molecule has 2 aromatic carbocycles. The van der Waals surface area contributed by atoms with Crippen molar-refractivity contribution < 1.29 is 9.90 Å². The van der Waals surface area contributed by atoms with E-state index in [-0.39, 0.29) is 5.91 Å². The Morgan fingerprint density at radius 3 is 2.81 bits per heavy atom. The summed E-state index contributed by atoms with van der Waals surface area (Å²) >= 11 is 6.28. The summed E-state index contributed by atoms with van der Waals surface area (Å²) in [5, 5.41) is 13.9. The first kappa shape index (κ1) is 14.1. The molecule has 1 amide bonds. The minimum atomic E-state index is -0.783. The fraction of sp³-hybridized carbons (Fsp3) is 0.235. The van der Waals surface area contributed by atoms with Crippen molar-refractivity contribution >= 4 is 23.2 Å². The summed E-state index contributed by atoms with van der Waals surface area (Å²) in [6.45, 7) is 2.05. The molecule has 2 N–H and O–H groups in total. The molecule has 0 spiro atoms. The summed E-state index contributed by atoms with van der Waals surface area (Å²) in [4.78, 5) is 11.4. The molecule has 3 nitrogen and oxygen atoms in total. The summed E-state index contributed by atoms with van der Waals surface area (Å²) in [6, 6.07) is 11.3. The maximum absolute atomic E-state index is 11.4. The maximum atomic E-state index is 11.4. The van der Waals surface area contributed by atoms with Gasteiger partial charge in [0.2, 0.25) is 5.91 Å². The molecular formula is C17H16ClNO2. The highest BCUT2D eigenvalue weighted by molar-refractivity contribution is 6.32. The Morgan fingerprint density at radius 2 is 2.05 bits per heavy atom. The van der Waals surface area contributed by atoms with Gasteiger partial charge in [-0.2, -0.15) is 0 Å². The number of fused-ring (bicyclic) bond motifs is 1. The van der Waals surface area contributed by atoms with Gasteiger partial charge in [-0.25, -0.2) is 0 Å². The molecule has 4 heteroatoms. The lowest BCUT2D eigenvalue weighted by atomic mass is 9.94. The van der Waals surface area contributed by atoms with Gasteiger partial charge in [0.05, 0.1) is 6.42 Å². The molecule has 1 aliphatic heterocycles. The zero-order valence-electron chi connectivity index (χ0n) is 11.7. The zero-order chi connectivity index (χ0) is 15.0. The summed E-state index contributed by atoms with van der Waals surface area (Å²) in [5.74, 6) is -0.0401. The number of benzene rings is 2. The van der Waals surface area contributed by atoms with Crippen molar-refractivity contribution in [3.8, 4) is 0 Å². The number of hydrogen-bond acceptors (Lipinski definition) is 2. The number of halogens is 1. The average molecular weight is 302 g/mol. The standard InChI is InChI=1S/C17H16ClNO2/c1-2-10-5-3-4-6-12(10)17(21)13-7-11-8-16(20)19-15(11)9-14(13)18/h3-7,9,17,21H,2,8H2,1H3,(H,19,20). The number of carbonyl (C=O) groups is 1. The lowest BCUT2D eigenvalue weighted by Crippen LogP contribution is -2.04. The minimum Gasteiger partial charge on any atom is -0.384 e. The van der Waals surface area contributed by atoms with E-state index in [9.17, 15) is 9.90 Å². The van der Waals surface area contributed by atoms with Crippen molar-refractivity contribution in [1.29, 1.82) is 0 Å². The number of aliphatic hydroxyl groups is 1. The van der Waals surface area contributed by atoms with E-state index in [4.69, 9.17) is 11.6 Å². The number of amides is 1. The fourth-order valence-electron chi connectivity index (χ4n) is 2.77. The van der Waals surface area contributed by atoms with Crippen LogP contribution in [0.5, 0.6) is 0 Å². The first-order chi connectivity index (χ1) is 10.1. The van der Waals surface area contributed by atoms with E-state index in [1.165, 1.54) is 0 Å². The SMILES string of the molecule is CCc1ccccc1C(O)c1cc2c(cc1Cl)NC(=O)C2. The average Bonchev–Trinajstić information content (AvgIpc) is 2.84. The third kappa shape index (κ3) is 2.55. The lowest BCUT2D eigenvalue weighted by molar-refractivity contribution is -0.115. The van der Waals surface area contributed by atoms with Crippen molar-refractivity contribution in [2.75, 3.05) is 5.32 Å². The first-order valence-electron chi connectivity index (χ1n) is 6.98. The minimum absolute atomic E-state index is 0.0401.